The molecular weight excluding hydrogens is 311 g/mol. The third-order valence-electron chi connectivity index (χ3n) is 3.28. The summed E-state index contributed by atoms with van der Waals surface area (Å²) in [5.41, 5.74) is 0. The average molecular weight is 326 g/mol. The van der Waals surface area contributed by atoms with E-state index in [1.807, 2.05) is 0 Å². The Bertz CT molecular complexity index is 737. The van der Waals surface area contributed by atoms with E-state index < -0.39 is 17.7 Å². The van der Waals surface area contributed by atoms with Gasteiger partial charge in [-0.1, -0.05) is 6.92 Å². The van der Waals surface area contributed by atoms with Crippen molar-refractivity contribution in [1.29, 1.82) is 0 Å². The smallest absolute Gasteiger partial charge is 0.304 e. The third-order valence-corrected chi connectivity index (χ3v) is 4.37. The molecule has 22 heavy (non-hydrogen) atoms. The first kappa shape index (κ1) is 16.2. The highest BCUT2D eigenvalue weighted by Crippen LogP contribution is 2.40. The van der Waals surface area contributed by atoms with Crippen molar-refractivity contribution in [2.24, 2.45) is 5.92 Å². The van der Waals surface area contributed by atoms with Crippen LogP contribution in [0.3, 0.4) is 0 Å². The zero-order chi connectivity index (χ0) is 16.4. The molecule has 0 spiro atoms. The van der Waals surface area contributed by atoms with Crippen LogP contribution in [0.4, 0.5) is 4.39 Å². The molecule has 0 aliphatic heterocycles. The van der Waals surface area contributed by atoms with Gasteiger partial charge >= 0.3 is 5.97 Å². The van der Waals surface area contributed by atoms with Gasteiger partial charge in [-0.15, -0.1) is 11.3 Å². The van der Waals surface area contributed by atoms with Crippen molar-refractivity contribution in [3.8, 4) is 11.5 Å². The number of thiophene rings is 1. The maximum Gasteiger partial charge on any atom is 0.304 e. The minimum absolute atomic E-state index is 0.0228. The number of halogens is 1. The molecule has 5 nitrogen and oxygen atoms in total. The number of carboxylic acids is 1. The Labute approximate surface area is 130 Å². The summed E-state index contributed by atoms with van der Waals surface area (Å²) < 4.78 is 25.0. The predicted molar refractivity (Wildman–Crippen MR) is 80.6 cm³/mol. The number of rotatable bonds is 6. The summed E-state index contributed by atoms with van der Waals surface area (Å²) in [5, 5.41) is 9.02. The average Bonchev–Trinajstić information content (AvgIpc) is 2.89. The second-order valence-corrected chi connectivity index (χ2v) is 5.90. The number of benzene rings is 1. The lowest BCUT2D eigenvalue weighted by molar-refractivity contribution is -0.137. The molecule has 1 atom stereocenters. The molecule has 0 amide bonds. The topological polar surface area (TPSA) is 72.8 Å². The SMILES string of the molecule is COc1cc2sc(C(=O)[C@@H](C)CC(=O)O)cc2c(F)c1OC. The lowest BCUT2D eigenvalue weighted by Crippen LogP contribution is -2.14. The van der Waals surface area contributed by atoms with Crippen molar-refractivity contribution in [3.05, 3.63) is 22.8 Å². The van der Waals surface area contributed by atoms with Crippen molar-refractivity contribution >= 4 is 33.2 Å². The summed E-state index contributed by atoms with van der Waals surface area (Å²) in [6.07, 6.45) is -0.262. The van der Waals surface area contributed by atoms with Crippen LogP contribution < -0.4 is 9.47 Å². The number of aliphatic carboxylic acids is 1. The molecular formula is C15H15FO5S. The van der Waals surface area contributed by atoms with Crippen LogP contribution in [0, 0.1) is 11.7 Å². The highest BCUT2D eigenvalue weighted by Gasteiger charge is 2.23. The van der Waals surface area contributed by atoms with Gasteiger partial charge in [0.15, 0.2) is 23.1 Å². The molecule has 0 unspecified atom stereocenters. The minimum Gasteiger partial charge on any atom is -0.493 e. The second kappa shape index (κ2) is 6.31. The fourth-order valence-corrected chi connectivity index (χ4v) is 3.30. The fraction of sp³-hybridized carbons (Fsp3) is 0.333. The highest BCUT2D eigenvalue weighted by atomic mass is 32.1. The van der Waals surface area contributed by atoms with Crippen LogP contribution in [-0.2, 0) is 4.79 Å². The van der Waals surface area contributed by atoms with Crippen molar-refractivity contribution in [2.45, 2.75) is 13.3 Å². The number of hydrogen-bond acceptors (Lipinski definition) is 5. The van der Waals surface area contributed by atoms with Crippen LogP contribution in [0.25, 0.3) is 10.1 Å². The molecule has 0 aliphatic carbocycles. The molecule has 7 heteroatoms. The van der Waals surface area contributed by atoms with Crippen LogP contribution in [0.2, 0.25) is 0 Å². The van der Waals surface area contributed by atoms with Gasteiger partial charge in [0.2, 0.25) is 0 Å². The number of hydrogen-bond donors (Lipinski definition) is 1. The van der Waals surface area contributed by atoms with Crippen molar-refractivity contribution in [1.82, 2.24) is 0 Å². The summed E-state index contributed by atoms with van der Waals surface area (Å²) in [6, 6.07) is 3.03. The van der Waals surface area contributed by atoms with E-state index >= 15 is 0 Å². The fourth-order valence-electron chi connectivity index (χ4n) is 2.16. The molecule has 0 saturated heterocycles. The van der Waals surface area contributed by atoms with Gasteiger partial charge in [0.25, 0.3) is 0 Å². The molecule has 1 aromatic heterocycles. The van der Waals surface area contributed by atoms with Gasteiger partial charge in [0, 0.05) is 22.1 Å². The van der Waals surface area contributed by atoms with Gasteiger partial charge in [-0.3, -0.25) is 9.59 Å². The van der Waals surface area contributed by atoms with Gasteiger partial charge in [-0.25, -0.2) is 4.39 Å². The van der Waals surface area contributed by atoms with Crippen LogP contribution >= 0.6 is 11.3 Å². The van der Waals surface area contributed by atoms with Gasteiger partial charge in [-0.05, 0) is 6.07 Å². The van der Waals surface area contributed by atoms with E-state index in [1.165, 1.54) is 20.3 Å². The number of ether oxygens (including phenoxy) is 2. The van der Waals surface area contributed by atoms with E-state index in [0.29, 0.717) is 9.58 Å². The Kier molecular flexibility index (Phi) is 4.65. The Morgan fingerprint density at radius 2 is 2.00 bits per heavy atom. The number of methoxy groups -OCH3 is 2. The van der Waals surface area contributed by atoms with E-state index in [4.69, 9.17) is 14.6 Å². The monoisotopic (exact) mass is 326 g/mol. The zero-order valence-corrected chi connectivity index (χ0v) is 13.1. The molecule has 1 heterocycles. The molecule has 2 rings (SSSR count). The Morgan fingerprint density at radius 3 is 2.55 bits per heavy atom. The van der Waals surface area contributed by atoms with E-state index in [1.54, 1.807) is 13.0 Å². The van der Waals surface area contributed by atoms with Crippen LogP contribution in [0.15, 0.2) is 12.1 Å². The third kappa shape index (κ3) is 2.89. The number of carboxylic acid groups (broad SMARTS) is 1. The molecule has 0 saturated carbocycles. The van der Waals surface area contributed by atoms with Crippen LogP contribution in [-0.4, -0.2) is 31.1 Å². The quantitative estimate of drug-likeness (QED) is 0.824. The first-order valence-electron chi connectivity index (χ1n) is 6.49. The van der Waals surface area contributed by atoms with E-state index in [0.717, 1.165) is 11.3 Å². The molecule has 0 bridgehead atoms. The number of carbonyl (C=O) groups is 2. The molecule has 0 aliphatic rings. The first-order valence-corrected chi connectivity index (χ1v) is 7.30. The normalized spacial score (nSPS) is 12.2. The predicted octanol–water partition coefficient (Wildman–Crippen LogP) is 3.35. The molecule has 1 aromatic carbocycles. The van der Waals surface area contributed by atoms with Crippen LogP contribution in [0.5, 0.6) is 11.5 Å². The van der Waals surface area contributed by atoms with Gasteiger partial charge in [0.1, 0.15) is 0 Å². The minimum atomic E-state index is -1.04. The number of ketones is 1. The molecule has 2 aromatic rings. The van der Waals surface area contributed by atoms with E-state index in [-0.39, 0.29) is 29.1 Å². The summed E-state index contributed by atoms with van der Waals surface area (Å²) in [6.45, 7) is 1.54. The second-order valence-electron chi connectivity index (χ2n) is 4.81. The zero-order valence-electron chi connectivity index (χ0n) is 12.3. The van der Waals surface area contributed by atoms with E-state index in [9.17, 15) is 14.0 Å². The van der Waals surface area contributed by atoms with Gasteiger partial charge in [-0.2, -0.15) is 0 Å². The van der Waals surface area contributed by atoms with E-state index in [2.05, 4.69) is 0 Å². The summed E-state index contributed by atoms with van der Waals surface area (Å²) >= 11 is 1.11. The Balaban J connectivity index is 2.48. The van der Waals surface area contributed by atoms with Gasteiger partial charge in [0.05, 0.1) is 25.5 Å². The molecule has 1 N–H and O–H groups in total. The van der Waals surface area contributed by atoms with Crippen molar-refractivity contribution < 1.29 is 28.6 Å². The standard InChI is InChI=1S/C15H15FO5S/c1-7(4-12(17)18)14(19)11-5-8-10(22-11)6-9(20-2)15(21-3)13(8)16/h5-7H,4H2,1-3H3,(H,17,18)/t7-/m0/s1. The number of fused-ring (bicyclic) bond motifs is 1. The lowest BCUT2D eigenvalue weighted by Gasteiger charge is -2.08. The Hall–Kier alpha value is -2.15. The lowest BCUT2D eigenvalue weighted by atomic mass is 10.0. The Morgan fingerprint density at radius 1 is 1.32 bits per heavy atom. The first-order chi connectivity index (χ1) is 10.4. The van der Waals surface area contributed by atoms with Gasteiger partial charge < -0.3 is 14.6 Å². The maximum absolute atomic E-state index is 14.4. The molecule has 118 valence electrons. The summed E-state index contributed by atoms with van der Waals surface area (Å²) in [5.74, 6) is -2.41. The largest absolute Gasteiger partial charge is 0.493 e. The molecule has 0 radical (unpaired) electrons. The van der Waals surface area contributed by atoms with Crippen molar-refractivity contribution in [3.63, 3.8) is 0 Å². The number of Topliss-reactive ketones (excluding diaryl/α,β-unsaturated/α-hetero) is 1. The maximum atomic E-state index is 14.4. The number of carbonyl (C=O) groups excluding carboxylic acids is 1. The highest BCUT2D eigenvalue weighted by molar-refractivity contribution is 7.20. The molecule has 0 fully saturated rings. The van der Waals surface area contributed by atoms with Crippen molar-refractivity contribution in [2.75, 3.05) is 14.2 Å². The van der Waals surface area contributed by atoms with Crippen LogP contribution in [0.1, 0.15) is 23.0 Å². The summed E-state index contributed by atoms with van der Waals surface area (Å²) in [7, 11) is 2.73. The summed E-state index contributed by atoms with van der Waals surface area (Å²) in [4.78, 5) is 23.2.